The number of ether oxygens (including phenoxy) is 6. The number of benzene rings is 1. The van der Waals surface area contributed by atoms with Gasteiger partial charge in [0.2, 0.25) is 0 Å². The predicted octanol–water partition coefficient (Wildman–Crippen LogP) is 1.83. The minimum absolute atomic E-state index is 0.261. The number of esters is 1. The van der Waals surface area contributed by atoms with E-state index in [9.17, 15) is 4.79 Å². The Morgan fingerprint density at radius 2 is 1.15 bits per heavy atom. The molecule has 1 aromatic carbocycles. The Morgan fingerprint density at radius 3 is 1.65 bits per heavy atom. The molecule has 0 aromatic heterocycles. The summed E-state index contributed by atoms with van der Waals surface area (Å²) in [6, 6.07) is 10.0. The van der Waals surface area contributed by atoms with Crippen molar-refractivity contribution in [1.29, 1.82) is 0 Å². The number of hydrogen-bond acceptors (Lipinski definition) is 7. The molecule has 1 rings (SSSR count). The Hall–Kier alpha value is -1.51. The highest BCUT2D eigenvalue weighted by Gasteiger charge is 1.99. The van der Waals surface area contributed by atoms with E-state index in [-0.39, 0.29) is 12.4 Å². The monoisotopic (exact) mass is 370 g/mol. The number of methoxy groups -OCH3 is 1. The van der Waals surface area contributed by atoms with E-state index in [0.29, 0.717) is 66.1 Å². The molecule has 0 bridgehead atoms. The third-order valence-corrected chi connectivity index (χ3v) is 3.28. The molecule has 0 saturated carbocycles. The van der Waals surface area contributed by atoms with Gasteiger partial charge in [0.1, 0.15) is 0 Å². The van der Waals surface area contributed by atoms with E-state index >= 15 is 0 Å². The first-order chi connectivity index (χ1) is 12.8. The molecule has 0 aliphatic heterocycles. The van der Waals surface area contributed by atoms with Crippen LogP contribution in [0, 0.1) is 0 Å². The standard InChI is InChI=1S/C19H30O7/c1-21-19(20)7-8-22-9-10-23-11-12-24-13-14-25-15-16-26-17-18-5-3-2-4-6-18/h2-6H,7-17H2,1H3. The Kier molecular flexibility index (Phi) is 14.7. The van der Waals surface area contributed by atoms with Crippen LogP contribution in [0.25, 0.3) is 0 Å². The number of hydrogen-bond donors (Lipinski definition) is 0. The van der Waals surface area contributed by atoms with Gasteiger partial charge in [-0.3, -0.25) is 4.79 Å². The van der Waals surface area contributed by atoms with Gasteiger partial charge in [-0.2, -0.15) is 0 Å². The molecule has 1 aromatic rings. The minimum atomic E-state index is -0.274. The van der Waals surface area contributed by atoms with Crippen molar-refractivity contribution < 1.29 is 33.2 Å². The van der Waals surface area contributed by atoms with Crippen molar-refractivity contribution in [3.05, 3.63) is 35.9 Å². The third-order valence-electron chi connectivity index (χ3n) is 3.28. The van der Waals surface area contributed by atoms with Gasteiger partial charge in [0, 0.05) is 0 Å². The van der Waals surface area contributed by atoms with E-state index in [4.69, 9.17) is 23.7 Å². The molecule has 0 unspecified atom stereocenters. The molecule has 0 saturated heterocycles. The molecular formula is C19H30O7. The summed E-state index contributed by atoms with van der Waals surface area (Å²) in [7, 11) is 1.36. The van der Waals surface area contributed by atoms with Crippen molar-refractivity contribution in [2.45, 2.75) is 13.0 Å². The number of carbonyl (C=O) groups is 1. The fourth-order valence-electron chi connectivity index (χ4n) is 1.90. The highest BCUT2D eigenvalue weighted by atomic mass is 16.6. The van der Waals surface area contributed by atoms with Gasteiger partial charge < -0.3 is 28.4 Å². The van der Waals surface area contributed by atoms with E-state index in [2.05, 4.69) is 4.74 Å². The van der Waals surface area contributed by atoms with Gasteiger partial charge >= 0.3 is 5.97 Å². The first kappa shape index (κ1) is 22.5. The van der Waals surface area contributed by atoms with Gasteiger partial charge in [-0.25, -0.2) is 0 Å². The van der Waals surface area contributed by atoms with Crippen LogP contribution in [0.5, 0.6) is 0 Å². The van der Waals surface area contributed by atoms with Crippen molar-refractivity contribution in [2.75, 3.05) is 66.6 Å². The maximum absolute atomic E-state index is 10.8. The zero-order valence-electron chi connectivity index (χ0n) is 15.5. The fraction of sp³-hybridized carbons (Fsp3) is 0.632. The van der Waals surface area contributed by atoms with Crippen molar-refractivity contribution in [1.82, 2.24) is 0 Å². The summed E-state index contributed by atoms with van der Waals surface area (Å²) >= 11 is 0. The van der Waals surface area contributed by atoms with Crippen molar-refractivity contribution in [3.8, 4) is 0 Å². The zero-order valence-corrected chi connectivity index (χ0v) is 15.5. The van der Waals surface area contributed by atoms with E-state index in [1.165, 1.54) is 7.11 Å². The van der Waals surface area contributed by atoms with E-state index < -0.39 is 0 Å². The smallest absolute Gasteiger partial charge is 0.307 e. The Morgan fingerprint density at radius 1 is 0.692 bits per heavy atom. The van der Waals surface area contributed by atoms with Crippen LogP contribution >= 0.6 is 0 Å². The zero-order chi connectivity index (χ0) is 18.7. The minimum Gasteiger partial charge on any atom is -0.469 e. The molecule has 7 heteroatoms. The van der Waals surface area contributed by atoms with E-state index in [0.717, 1.165) is 5.56 Å². The molecule has 0 N–H and O–H groups in total. The summed E-state index contributed by atoms with van der Waals surface area (Å²) in [5.74, 6) is -0.274. The summed E-state index contributed by atoms with van der Waals surface area (Å²) in [5.41, 5.74) is 1.16. The summed E-state index contributed by atoms with van der Waals surface area (Å²) in [4.78, 5) is 10.8. The first-order valence-electron chi connectivity index (χ1n) is 8.82. The number of rotatable bonds is 17. The van der Waals surface area contributed by atoms with Crippen LogP contribution in [0.4, 0.5) is 0 Å². The third kappa shape index (κ3) is 13.7. The molecule has 0 aliphatic carbocycles. The average molecular weight is 370 g/mol. The molecular weight excluding hydrogens is 340 g/mol. The molecule has 148 valence electrons. The molecule has 0 fully saturated rings. The summed E-state index contributed by atoms with van der Waals surface area (Å²) in [5, 5.41) is 0. The van der Waals surface area contributed by atoms with Crippen LogP contribution in [0.2, 0.25) is 0 Å². The maximum Gasteiger partial charge on any atom is 0.307 e. The second-order valence-electron chi connectivity index (χ2n) is 5.31. The van der Waals surface area contributed by atoms with Crippen molar-refractivity contribution >= 4 is 5.97 Å². The van der Waals surface area contributed by atoms with Crippen LogP contribution in [0.3, 0.4) is 0 Å². The normalized spacial score (nSPS) is 10.8. The van der Waals surface area contributed by atoms with Crippen LogP contribution in [0.1, 0.15) is 12.0 Å². The van der Waals surface area contributed by atoms with Crippen LogP contribution in [0.15, 0.2) is 30.3 Å². The van der Waals surface area contributed by atoms with Crippen molar-refractivity contribution in [2.24, 2.45) is 0 Å². The lowest BCUT2D eigenvalue weighted by Gasteiger charge is -2.08. The molecule has 0 radical (unpaired) electrons. The first-order valence-corrected chi connectivity index (χ1v) is 8.82. The molecule has 0 atom stereocenters. The quantitative estimate of drug-likeness (QED) is 0.306. The summed E-state index contributed by atoms with van der Waals surface area (Å²) < 4.78 is 31.4. The van der Waals surface area contributed by atoms with Gasteiger partial charge in [-0.1, -0.05) is 30.3 Å². The predicted molar refractivity (Wildman–Crippen MR) is 96.0 cm³/mol. The van der Waals surface area contributed by atoms with Crippen LogP contribution in [-0.2, 0) is 39.8 Å². The maximum atomic E-state index is 10.8. The molecule has 0 aliphatic rings. The highest BCUT2D eigenvalue weighted by molar-refractivity contribution is 5.69. The average Bonchev–Trinajstić information content (AvgIpc) is 2.68. The molecule has 0 spiro atoms. The van der Waals surface area contributed by atoms with Crippen molar-refractivity contribution in [3.63, 3.8) is 0 Å². The van der Waals surface area contributed by atoms with Gasteiger partial charge in [0.25, 0.3) is 0 Å². The van der Waals surface area contributed by atoms with E-state index in [1.807, 2.05) is 30.3 Å². The Balaban J connectivity index is 1.71. The molecule has 0 heterocycles. The lowest BCUT2D eigenvalue weighted by atomic mass is 10.2. The largest absolute Gasteiger partial charge is 0.469 e. The molecule has 26 heavy (non-hydrogen) atoms. The summed E-state index contributed by atoms with van der Waals surface area (Å²) in [6.45, 7) is 5.05. The Labute approximate surface area is 155 Å². The molecule has 0 amide bonds. The van der Waals surface area contributed by atoms with Crippen LogP contribution in [-0.4, -0.2) is 72.5 Å². The topological polar surface area (TPSA) is 72.5 Å². The van der Waals surface area contributed by atoms with Gasteiger partial charge in [-0.05, 0) is 5.56 Å². The molecule has 7 nitrogen and oxygen atoms in total. The van der Waals surface area contributed by atoms with Gasteiger partial charge in [-0.15, -0.1) is 0 Å². The van der Waals surface area contributed by atoms with Gasteiger partial charge in [0.05, 0.1) is 79.6 Å². The van der Waals surface area contributed by atoms with Gasteiger partial charge in [0.15, 0.2) is 0 Å². The Bertz CT molecular complexity index is 439. The fourth-order valence-corrected chi connectivity index (χ4v) is 1.90. The highest BCUT2D eigenvalue weighted by Crippen LogP contribution is 1.99. The second-order valence-corrected chi connectivity index (χ2v) is 5.31. The summed E-state index contributed by atoms with van der Waals surface area (Å²) in [6.07, 6.45) is 0.261. The van der Waals surface area contributed by atoms with Crippen LogP contribution < -0.4 is 0 Å². The van der Waals surface area contributed by atoms with E-state index in [1.54, 1.807) is 0 Å². The SMILES string of the molecule is COC(=O)CCOCCOCCOCCOCCOCc1ccccc1. The lowest BCUT2D eigenvalue weighted by Crippen LogP contribution is -2.14. The second kappa shape index (κ2) is 16.9. The lowest BCUT2D eigenvalue weighted by molar-refractivity contribution is -0.141. The number of carbonyl (C=O) groups excluding carboxylic acids is 1.